The van der Waals surface area contributed by atoms with Crippen LogP contribution in [0.3, 0.4) is 0 Å². The first-order valence-corrected chi connectivity index (χ1v) is 8.61. The summed E-state index contributed by atoms with van der Waals surface area (Å²) in [4.78, 5) is 28.8. The van der Waals surface area contributed by atoms with Gasteiger partial charge in [0.2, 0.25) is 0 Å². The molecular weight excluding hydrogens is 304 g/mol. The molecule has 1 fully saturated rings. The molecule has 0 aliphatic carbocycles. The molecule has 0 spiro atoms. The Balaban J connectivity index is 2.01. The zero-order valence-electron chi connectivity index (χ0n) is 15.3. The Morgan fingerprint density at radius 1 is 1.12 bits per heavy atom. The topological polar surface area (TPSA) is 49.9 Å². The summed E-state index contributed by atoms with van der Waals surface area (Å²) in [6, 6.07) is 7.56. The predicted octanol–water partition coefficient (Wildman–Crippen LogP) is 3.09. The van der Waals surface area contributed by atoms with Gasteiger partial charge in [0.1, 0.15) is 0 Å². The van der Waals surface area contributed by atoms with Gasteiger partial charge in [0.15, 0.2) is 6.10 Å². The summed E-state index contributed by atoms with van der Waals surface area (Å²) < 4.78 is 5.40. The highest BCUT2D eigenvalue weighted by Gasteiger charge is 2.33. The van der Waals surface area contributed by atoms with Crippen LogP contribution in [0.4, 0.5) is 5.69 Å². The van der Waals surface area contributed by atoms with Gasteiger partial charge in [-0.05, 0) is 64.3 Å². The van der Waals surface area contributed by atoms with Crippen LogP contribution in [0, 0.1) is 0 Å². The smallest absolute Gasteiger partial charge is 0.338 e. The summed E-state index contributed by atoms with van der Waals surface area (Å²) in [7, 11) is 3.88. The summed E-state index contributed by atoms with van der Waals surface area (Å²) >= 11 is 0. The number of ether oxygens (including phenoxy) is 1. The molecule has 1 aliphatic rings. The van der Waals surface area contributed by atoms with E-state index in [0.717, 1.165) is 24.9 Å². The molecule has 5 nitrogen and oxygen atoms in total. The predicted molar refractivity (Wildman–Crippen MR) is 95.3 cm³/mol. The average Bonchev–Trinajstić information content (AvgIpc) is 2.54. The highest BCUT2D eigenvalue weighted by molar-refractivity contribution is 5.92. The lowest BCUT2D eigenvalue weighted by Gasteiger charge is -2.40. The van der Waals surface area contributed by atoms with Gasteiger partial charge in [-0.2, -0.15) is 0 Å². The number of hydrogen-bond acceptors (Lipinski definition) is 4. The minimum Gasteiger partial charge on any atom is -0.449 e. The molecule has 0 aromatic heterocycles. The van der Waals surface area contributed by atoms with Gasteiger partial charge in [0.25, 0.3) is 5.91 Å². The lowest BCUT2D eigenvalue weighted by atomic mass is 9.97. The summed E-state index contributed by atoms with van der Waals surface area (Å²) in [5.41, 5.74) is 1.46. The van der Waals surface area contributed by atoms with Gasteiger partial charge in [-0.3, -0.25) is 4.79 Å². The largest absolute Gasteiger partial charge is 0.449 e. The molecule has 132 valence electrons. The molecule has 0 N–H and O–H groups in total. The van der Waals surface area contributed by atoms with Crippen LogP contribution in [0.25, 0.3) is 0 Å². The van der Waals surface area contributed by atoms with E-state index in [-0.39, 0.29) is 18.0 Å². The molecule has 1 aromatic rings. The molecule has 1 aromatic carbocycles. The average molecular weight is 332 g/mol. The van der Waals surface area contributed by atoms with Crippen molar-refractivity contribution in [2.45, 2.75) is 58.2 Å². The fourth-order valence-corrected chi connectivity index (χ4v) is 3.24. The van der Waals surface area contributed by atoms with E-state index in [1.807, 2.05) is 36.0 Å². The number of likely N-dealkylation sites (tertiary alicyclic amines) is 1. The molecule has 0 bridgehead atoms. The van der Waals surface area contributed by atoms with E-state index < -0.39 is 12.1 Å². The van der Waals surface area contributed by atoms with Crippen molar-refractivity contribution in [2.75, 3.05) is 19.0 Å². The van der Waals surface area contributed by atoms with E-state index in [4.69, 9.17) is 4.74 Å². The maximum atomic E-state index is 12.7. The highest BCUT2D eigenvalue weighted by atomic mass is 16.5. The number of carbonyl (C=O) groups excluding carboxylic acids is 2. The van der Waals surface area contributed by atoms with Crippen LogP contribution in [0.2, 0.25) is 0 Å². The number of carbonyl (C=O) groups is 2. The third-order valence-corrected chi connectivity index (χ3v) is 4.70. The van der Waals surface area contributed by atoms with Crippen molar-refractivity contribution < 1.29 is 14.3 Å². The lowest BCUT2D eigenvalue weighted by Crippen LogP contribution is -2.51. The Bertz CT molecular complexity index is 573. The normalized spacial score (nSPS) is 22.0. The summed E-state index contributed by atoms with van der Waals surface area (Å²) in [5, 5.41) is 0. The molecule has 1 saturated heterocycles. The van der Waals surface area contributed by atoms with E-state index >= 15 is 0 Å². The van der Waals surface area contributed by atoms with Crippen molar-refractivity contribution in [3.63, 3.8) is 0 Å². The van der Waals surface area contributed by atoms with Crippen LogP contribution in [0.1, 0.15) is 50.4 Å². The molecule has 24 heavy (non-hydrogen) atoms. The first-order chi connectivity index (χ1) is 11.3. The van der Waals surface area contributed by atoms with Gasteiger partial charge in [-0.25, -0.2) is 4.79 Å². The second-order valence-electron chi connectivity index (χ2n) is 6.86. The third kappa shape index (κ3) is 4.08. The maximum Gasteiger partial charge on any atom is 0.338 e. The number of piperidine rings is 1. The number of hydrogen-bond donors (Lipinski definition) is 0. The van der Waals surface area contributed by atoms with Gasteiger partial charge >= 0.3 is 5.97 Å². The Hall–Kier alpha value is -2.04. The Morgan fingerprint density at radius 2 is 1.67 bits per heavy atom. The minimum absolute atomic E-state index is 0.104. The number of amides is 1. The monoisotopic (exact) mass is 332 g/mol. The summed E-state index contributed by atoms with van der Waals surface area (Å²) in [6.45, 7) is 5.77. The first kappa shape index (κ1) is 18.3. The molecular formula is C19H28N2O3. The van der Waals surface area contributed by atoms with Crippen LogP contribution >= 0.6 is 0 Å². The second-order valence-corrected chi connectivity index (χ2v) is 6.86. The van der Waals surface area contributed by atoms with Gasteiger partial charge < -0.3 is 14.5 Å². The van der Waals surface area contributed by atoms with Crippen LogP contribution in [-0.2, 0) is 9.53 Å². The number of rotatable bonds is 4. The number of esters is 1. The van der Waals surface area contributed by atoms with Crippen molar-refractivity contribution >= 4 is 17.6 Å². The molecule has 5 heteroatoms. The highest BCUT2D eigenvalue weighted by Crippen LogP contribution is 2.24. The van der Waals surface area contributed by atoms with Gasteiger partial charge in [0, 0.05) is 31.9 Å². The molecule has 2 rings (SSSR count). The summed E-state index contributed by atoms with van der Waals surface area (Å²) in [6.07, 6.45) is 2.37. The van der Waals surface area contributed by atoms with E-state index in [0.29, 0.717) is 5.56 Å². The van der Waals surface area contributed by atoms with Crippen LogP contribution in [0.15, 0.2) is 24.3 Å². The number of benzene rings is 1. The minimum atomic E-state index is -0.769. The van der Waals surface area contributed by atoms with Crippen LogP contribution in [0.5, 0.6) is 0 Å². The second kappa shape index (κ2) is 7.69. The number of anilines is 1. The van der Waals surface area contributed by atoms with Gasteiger partial charge in [-0.1, -0.05) is 0 Å². The molecule has 0 saturated carbocycles. The fourth-order valence-electron chi connectivity index (χ4n) is 3.24. The lowest BCUT2D eigenvalue weighted by molar-refractivity contribution is -0.146. The van der Waals surface area contributed by atoms with Crippen molar-refractivity contribution in [1.82, 2.24) is 4.90 Å². The van der Waals surface area contributed by atoms with Gasteiger partial charge in [-0.15, -0.1) is 0 Å². The van der Waals surface area contributed by atoms with E-state index in [9.17, 15) is 9.59 Å². The quantitative estimate of drug-likeness (QED) is 0.795. The Kier molecular flexibility index (Phi) is 5.86. The first-order valence-electron chi connectivity index (χ1n) is 8.61. The van der Waals surface area contributed by atoms with Crippen LogP contribution < -0.4 is 4.90 Å². The molecule has 1 amide bonds. The fraction of sp³-hybridized carbons (Fsp3) is 0.579. The van der Waals surface area contributed by atoms with E-state index in [1.54, 1.807) is 19.1 Å². The summed E-state index contributed by atoms with van der Waals surface area (Å²) in [5.74, 6) is -0.563. The molecule has 1 aliphatic heterocycles. The molecule has 3 atom stereocenters. The Labute approximate surface area is 144 Å². The Morgan fingerprint density at radius 3 is 2.17 bits per heavy atom. The van der Waals surface area contributed by atoms with E-state index in [2.05, 4.69) is 13.8 Å². The standard InChI is InChI=1S/C19H28N2O3/c1-13-7-6-8-14(2)21(13)18(22)15(3)24-19(23)16-9-11-17(12-10-16)20(4)5/h9-15H,6-8H2,1-5H3/t13-,14-,15-/m1/s1. The van der Waals surface area contributed by atoms with Crippen molar-refractivity contribution in [1.29, 1.82) is 0 Å². The SMILES string of the molecule is C[C@@H]1CCC[C@@H](C)N1C(=O)[C@@H](C)OC(=O)c1ccc(N(C)C)cc1. The van der Waals surface area contributed by atoms with E-state index in [1.165, 1.54) is 0 Å². The van der Waals surface area contributed by atoms with Crippen molar-refractivity contribution in [2.24, 2.45) is 0 Å². The van der Waals surface area contributed by atoms with Crippen molar-refractivity contribution in [3.05, 3.63) is 29.8 Å². The van der Waals surface area contributed by atoms with Gasteiger partial charge in [0.05, 0.1) is 5.56 Å². The van der Waals surface area contributed by atoms with Crippen molar-refractivity contribution in [3.8, 4) is 0 Å². The van der Waals surface area contributed by atoms with Crippen LogP contribution in [-0.4, -0.2) is 49.1 Å². The number of nitrogens with zero attached hydrogens (tertiary/aromatic N) is 2. The molecule has 1 heterocycles. The zero-order valence-corrected chi connectivity index (χ0v) is 15.3. The molecule has 0 unspecified atom stereocenters. The maximum absolute atomic E-state index is 12.7. The third-order valence-electron chi connectivity index (χ3n) is 4.70. The zero-order chi connectivity index (χ0) is 17.9. The molecule has 0 radical (unpaired) electrons.